The van der Waals surface area contributed by atoms with Gasteiger partial charge in [-0.15, -0.1) is 0 Å². The Kier molecular flexibility index (Phi) is 3.79. The average Bonchev–Trinajstić information content (AvgIpc) is 2.85. The molecular formula is C14H15ClN4O2. The van der Waals surface area contributed by atoms with Gasteiger partial charge in [0.05, 0.1) is 7.11 Å². The molecular weight excluding hydrogens is 292 g/mol. The summed E-state index contributed by atoms with van der Waals surface area (Å²) in [4.78, 5) is 20.4. The van der Waals surface area contributed by atoms with Gasteiger partial charge in [-0.05, 0) is 31.4 Å². The molecule has 0 bridgehead atoms. The van der Waals surface area contributed by atoms with Crippen LogP contribution in [0.4, 0.5) is 5.95 Å². The monoisotopic (exact) mass is 306 g/mol. The van der Waals surface area contributed by atoms with Crippen LogP contribution in [0.1, 0.15) is 35.8 Å². The van der Waals surface area contributed by atoms with E-state index in [1.165, 1.54) is 19.6 Å². The Hall–Kier alpha value is -2.08. The SMILES string of the molecule is COc1cc(Cl)nc(NC(=O)c2cccn2C2CCC2)n1. The standard InChI is InChI=1S/C14H15ClN4O2/c1-21-12-8-11(15)16-14(17-12)18-13(20)10-6-3-7-19(10)9-4-2-5-9/h3,6-9H,2,4-5H2,1H3,(H,16,17,18,20). The van der Waals surface area contributed by atoms with Gasteiger partial charge in [-0.3, -0.25) is 10.1 Å². The normalized spacial score (nSPS) is 14.6. The third kappa shape index (κ3) is 2.85. The van der Waals surface area contributed by atoms with Gasteiger partial charge in [-0.1, -0.05) is 11.6 Å². The second kappa shape index (κ2) is 5.73. The van der Waals surface area contributed by atoms with Gasteiger partial charge in [0.15, 0.2) is 0 Å². The number of nitrogens with zero attached hydrogens (tertiary/aromatic N) is 3. The topological polar surface area (TPSA) is 69.0 Å². The van der Waals surface area contributed by atoms with Gasteiger partial charge in [0.2, 0.25) is 11.8 Å². The number of halogens is 1. The first kappa shape index (κ1) is 13.9. The molecule has 0 spiro atoms. The van der Waals surface area contributed by atoms with Crippen LogP contribution in [-0.2, 0) is 0 Å². The number of hydrogen-bond acceptors (Lipinski definition) is 4. The summed E-state index contributed by atoms with van der Waals surface area (Å²) in [5, 5.41) is 2.87. The molecule has 1 fully saturated rings. The van der Waals surface area contributed by atoms with E-state index >= 15 is 0 Å². The van der Waals surface area contributed by atoms with E-state index in [-0.39, 0.29) is 17.0 Å². The molecule has 110 valence electrons. The van der Waals surface area contributed by atoms with E-state index in [2.05, 4.69) is 15.3 Å². The maximum absolute atomic E-state index is 12.4. The van der Waals surface area contributed by atoms with Crippen molar-refractivity contribution in [2.24, 2.45) is 0 Å². The molecule has 0 unspecified atom stereocenters. The molecule has 1 N–H and O–H groups in total. The van der Waals surface area contributed by atoms with E-state index in [1.807, 2.05) is 16.8 Å². The van der Waals surface area contributed by atoms with Crippen molar-refractivity contribution in [3.8, 4) is 5.88 Å². The lowest BCUT2D eigenvalue weighted by Gasteiger charge is -2.28. The van der Waals surface area contributed by atoms with E-state index in [1.54, 1.807) is 6.07 Å². The highest BCUT2D eigenvalue weighted by molar-refractivity contribution is 6.29. The number of ether oxygens (including phenoxy) is 1. The van der Waals surface area contributed by atoms with Crippen molar-refractivity contribution >= 4 is 23.5 Å². The molecule has 3 rings (SSSR count). The first-order chi connectivity index (χ1) is 10.2. The van der Waals surface area contributed by atoms with Crippen molar-refractivity contribution in [2.45, 2.75) is 25.3 Å². The van der Waals surface area contributed by atoms with Crippen LogP contribution in [-0.4, -0.2) is 27.6 Å². The van der Waals surface area contributed by atoms with Crippen LogP contribution in [0.25, 0.3) is 0 Å². The second-order valence-electron chi connectivity index (χ2n) is 4.90. The lowest BCUT2D eigenvalue weighted by atomic mass is 9.93. The Labute approximate surface area is 127 Å². The summed E-state index contributed by atoms with van der Waals surface area (Å²) in [5.74, 6) is 0.182. The Balaban J connectivity index is 1.80. The number of anilines is 1. The number of aromatic nitrogens is 3. The van der Waals surface area contributed by atoms with Crippen molar-refractivity contribution < 1.29 is 9.53 Å². The van der Waals surface area contributed by atoms with Crippen LogP contribution in [0.2, 0.25) is 5.15 Å². The third-order valence-electron chi connectivity index (χ3n) is 3.59. The summed E-state index contributed by atoms with van der Waals surface area (Å²) in [7, 11) is 1.48. The zero-order valence-electron chi connectivity index (χ0n) is 11.5. The Morgan fingerprint density at radius 1 is 1.48 bits per heavy atom. The Morgan fingerprint density at radius 2 is 2.29 bits per heavy atom. The molecule has 2 aromatic heterocycles. The van der Waals surface area contributed by atoms with Gasteiger partial charge >= 0.3 is 0 Å². The molecule has 1 amide bonds. The average molecular weight is 307 g/mol. The molecule has 0 saturated heterocycles. The smallest absolute Gasteiger partial charge is 0.274 e. The molecule has 1 aliphatic rings. The lowest BCUT2D eigenvalue weighted by molar-refractivity contribution is 0.101. The van der Waals surface area contributed by atoms with Gasteiger partial charge in [0.25, 0.3) is 5.91 Å². The molecule has 2 aromatic rings. The van der Waals surface area contributed by atoms with E-state index < -0.39 is 0 Å². The maximum atomic E-state index is 12.4. The van der Waals surface area contributed by atoms with Crippen molar-refractivity contribution in [2.75, 3.05) is 12.4 Å². The minimum Gasteiger partial charge on any atom is -0.481 e. The van der Waals surface area contributed by atoms with Gasteiger partial charge in [-0.2, -0.15) is 4.98 Å². The van der Waals surface area contributed by atoms with Crippen molar-refractivity contribution in [3.05, 3.63) is 35.2 Å². The van der Waals surface area contributed by atoms with Crippen molar-refractivity contribution in [3.63, 3.8) is 0 Å². The molecule has 0 atom stereocenters. The number of amides is 1. The third-order valence-corrected chi connectivity index (χ3v) is 3.78. The predicted molar refractivity (Wildman–Crippen MR) is 78.9 cm³/mol. The van der Waals surface area contributed by atoms with Crippen LogP contribution < -0.4 is 10.1 Å². The van der Waals surface area contributed by atoms with Crippen molar-refractivity contribution in [1.82, 2.24) is 14.5 Å². The highest BCUT2D eigenvalue weighted by Crippen LogP contribution is 2.32. The van der Waals surface area contributed by atoms with Crippen LogP contribution in [0.3, 0.4) is 0 Å². The van der Waals surface area contributed by atoms with Crippen molar-refractivity contribution in [1.29, 1.82) is 0 Å². The molecule has 6 nitrogen and oxygen atoms in total. The molecule has 7 heteroatoms. The van der Waals surface area contributed by atoms with Gasteiger partial charge < -0.3 is 9.30 Å². The number of carbonyl (C=O) groups excluding carboxylic acids is 1. The predicted octanol–water partition coefficient (Wildman–Crippen LogP) is 2.92. The molecule has 0 aromatic carbocycles. The minimum absolute atomic E-state index is 0.130. The van der Waals surface area contributed by atoms with Gasteiger partial charge in [0.1, 0.15) is 10.8 Å². The zero-order valence-corrected chi connectivity index (χ0v) is 12.3. The first-order valence-corrected chi connectivity index (χ1v) is 7.12. The van der Waals surface area contributed by atoms with Gasteiger partial charge in [0, 0.05) is 18.3 Å². The quantitative estimate of drug-likeness (QED) is 0.882. The summed E-state index contributed by atoms with van der Waals surface area (Å²) in [6, 6.07) is 5.55. The molecule has 0 radical (unpaired) electrons. The van der Waals surface area contributed by atoms with Crippen LogP contribution in [0, 0.1) is 0 Å². The largest absolute Gasteiger partial charge is 0.481 e. The minimum atomic E-state index is -0.254. The van der Waals surface area contributed by atoms with E-state index in [4.69, 9.17) is 16.3 Å². The fourth-order valence-corrected chi connectivity index (χ4v) is 2.47. The van der Waals surface area contributed by atoms with Crippen LogP contribution in [0.15, 0.2) is 24.4 Å². The fourth-order valence-electron chi connectivity index (χ4n) is 2.29. The van der Waals surface area contributed by atoms with Gasteiger partial charge in [-0.25, -0.2) is 4.98 Å². The summed E-state index contributed by atoms with van der Waals surface area (Å²) >= 11 is 5.86. The number of rotatable bonds is 4. The Morgan fingerprint density at radius 3 is 2.95 bits per heavy atom. The molecule has 1 saturated carbocycles. The maximum Gasteiger partial charge on any atom is 0.274 e. The number of hydrogen-bond donors (Lipinski definition) is 1. The summed E-state index contributed by atoms with van der Waals surface area (Å²) in [5.41, 5.74) is 0.599. The van der Waals surface area contributed by atoms with E-state index in [9.17, 15) is 4.79 Å². The first-order valence-electron chi connectivity index (χ1n) is 6.74. The number of methoxy groups -OCH3 is 1. The lowest BCUT2D eigenvalue weighted by Crippen LogP contribution is -2.24. The zero-order chi connectivity index (χ0) is 14.8. The van der Waals surface area contributed by atoms with E-state index in [0.29, 0.717) is 17.6 Å². The number of nitrogens with one attached hydrogen (secondary N) is 1. The molecule has 1 aliphatic carbocycles. The molecule has 0 aliphatic heterocycles. The molecule has 2 heterocycles. The fraction of sp³-hybridized carbons (Fsp3) is 0.357. The van der Waals surface area contributed by atoms with E-state index in [0.717, 1.165) is 12.8 Å². The Bertz CT molecular complexity index is 667. The second-order valence-corrected chi connectivity index (χ2v) is 5.28. The highest BCUT2D eigenvalue weighted by atomic mass is 35.5. The summed E-state index contributed by atoms with van der Waals surface area (Å²) in [6.07, 6.45) is 5.35. The number of carbonyl (C=O) groups is 1. The van der Waals surface area contributed by atoms with Crippen LogP contribution >= 0.6 is 11.6 Å². The summed E-state index contributed by atoms with van der Waals surface area (Å²) < 4.78 is 7.00. The molecule has 21 heavy (non-hydrogen) atoms. The summed E-state index contributed by atoms with van der Waals surface area (Å²) in [6.45, 7) is 0. The highest BCUT2D eigenvalue weighted by Gasteiger charge is 2.23. The van der Waals surface area contributed by atoms with Crippen LogP contribution in [0.5, 0.6) is 5.88 Å².